The summed E-state index contributed by atoms with van der Waals surface area (Å²) in [6, 6.07) is 5.09. The smallest absolute Gasteiger partial charge is 0.0653 e. The van der Waals surface area contributed by atoms with Crippen LogP contribution in [0.15, 0.2) is 18.3 Å². The minimum atomic E-state index is 0.297. The molecule has 16 heavy (non-hydrogen) atoms. The zero-order chi connectivity index (χ0) is 11.5. The second-order valence-corrected chi connectivity index (χ2v) is 4.65. The minimum absolute atomic E-state index is 0.297. The Hall–Kier alpha value is -0.800. The molecule has 1 aliphatic heterocycles. The molecule has 1 aromatic heterocycles. The van der Waals surface area contributed by atoms with Crippen LogP contribution in [0.4, 0.5) is 0 Å². The molecule has 3 nitrogen and oxygen atoms in total. The maximum Gasteiger partial charge on any atom is 0.0653 e. The Morgan fingerprint density at radius 2 is 2.25 bits per heavy atom. The van der Waals surface area contributed by atoms with Crippen molar-refractivity contribution in [1.29, 1.82) is 0 Å². The van der Waals surface area contributed by atoms with Gasteiger partial charge in [0.1, 0.15) is 0 Å². The summed E-state index contributed by atoms with van der Waals surface area (Å²) < 4.78 is 2.36. The molecule has 0 radical (unpaired) electrons. The Kier molecular flexibility index (Phi) is 3.66. The second kappa shape index (κ2) is 5.02. The van der Waals surface area contributed by atoms with E-state index < -0.39 is 0 Å². The largest absolute Gasteiger partial charge is 0.350 e. The summed E-state index contributed by atoms with van der Waals surface area (Å²) in [5.74, 6) is 0. The molecule has 1 aromatic rings. The van der Waals surface area contributed by atoms with Crippen LogP contribution in [0.1, 0.15) is 38.4 Å². The number of aromatic nitrogens is 1. The predicted octanol–water partition coefficient (Wildman–Crippen LogP) is 1.99. The van der Waals surface area contributed by atoms with Crippen LogP contribution in [0.2, 0.25) is 0 Å². The summed E-state index contributed by atoms with van der Waals surface area (Å²) >= 11 is 0. The Balaban J connectivity index is 2.23. The normalized spacial score (nSPS) is 26.4. The Bertz CT molecular complexity index is 332. The zero-order valence-electron chi connectivity index (χ0n) is 10.4. The van der Waals surface area contributed by atoms with Crippen LogP contribution in [-0.2, 0) is 6.54 Å². The van der Waals surface area contributed by atoms with Gasteiger partial charge in [0.15, 0.2) is 0 Å². The third-order valence-electron chi connectivity index (χ3n) is 3.59. The van der Waals surface area contributed by atoms with Gasteiger partial charge < -0.3 is 10.3 Å². The first kappa shape index (κ1) is 11.7. The van der Waals surface area contributed by atoms with Gasteiger partial charge in [-0.2, -0.15) is 0 Å². The number of likely N-dealkylation sites (N-methyl/N-ethyl adjacent to an activating group) is 1. The quantitative estimate of drug-likeness (QED) is 0.843. The molecule has 90 valence electrons. The van der Waals surface area contributed by atoms with Gasteiger partial charge in [0, 0.05) is 31.0 Å². The van der Waals surface area contributed by atoms with E-state index in [1.165, 1.54) is 12.1 Å². The van der Waals surface area contributed by atoms with Crippen LogP contribution in [0, 0.1) is 0 Å². The molecule has 0 bridgehead atoms. The van der Waals surface area contributed by atoms with Crippen LogP contribution in [-0.4, -0.2) is 28.6 Å². The predicted molar refractivity (Wildman–Crippen MR) is 67.3 cm³/mol. The number of nitrogens with zero attached hydrogens (tertiary/aromatic N) is 2. The topological polar surface area (TPSA) is 34.2 Å². The van der Waals surface area contributed by atoms with Crippen molar-refractivity contribution in [2.24, 2.45) is 5.73 Å². The lowest BCUT2D eigenvalue weighted by atomic mass is 10.1. The lowest BCUT2D eigenvalue weighted by Gasteiger charge is -2.26. The Morgan fingerprint density at radius 1 is 1.44 bits per heavy atom. The van der Waals surface area contributed by atoms with Gasteiger partial charge in [-0.25, -0.2) is 0 Å². The van der Waals surface area contributed by atoms with Gasteiger partial charge in [-0.15, -0.1) is 0 Å². The molecule has 1 aliphatic rings. The molecule has 2 rings (SSSR count). The molecule has 0 spiro atoms. The van der Waals surface area contributed by atoms with Gasteiger partial charge >= 0.3 is 0 Å². The van der Waals surface area contributed by atoms with Crippen molar-refractivity contribution in [3.8, 4) is 0 Å². The van der Waals surface area contributed by atoms with Crippen LogP contribution < -0.4 is 5.73 Å². The van der Waals surface area contributed by atoms with Crippen molar-refractivity contribution >= 4 is 0 Å². The molecule has 2 atom stereocenters. The third kappa shape index (κ3) is 2.02. The third-order valence-corrected chi connectivity index (χ3v) is 3.59. The standard InChI is InChI=1S/C13H23N3/c1-3-8-16-9-5-6-12(16)13-11(14)7-10-15(13)4-2/h5-6,9,11,13H,3-4,7-8,10,14H2,1-2H3. The molecule has 3 heteroatoms. The maximum absolute atomic E-state index is 6.25. The number of aryl methyl sites for hydroxylation is 1. The highest BCUT2D eigenvalue weighted by Crippen LogP contribution is 2.31. The van der Waals surface area contributed by atoms with Crippen molar-refractivity contribution in [2.75, 3.05) is 13.1 Å². The highest BCUT2D eigenvalue weighted by Gasteiger charge is 2.33. The molecule has 0 saturated carbocycles. The fourth-order valence-corrected chi connectivity index (χ4v) is 2.78. The molecule has 1 fully saturated rings. The van der Waals surface area contributed by atoms with E-state index in [2.05, 4.69) is 41.6 Å². The van der Waals surface area contributed by atoms with E-state index in [1.54, 1.807) is 0 Å². The van der Waals surface area contributed by atoms with Crippen LogP contribution >= 0.6 is 0 Å². The minimum Gasteiger partial charge on any atom is -0.350 e. The van der Waals surface area contributed by atoms with Crippen molar-refractivity contribution in [3.63, 3.8) is 0 Å². The fraction of sp³-hybridized carbons (Fsp3) is 0.692. The lowest BCUT2D eigenvalue weighted by molar-refractivity contribution is 0.250. The fourth-order valence-electron chi connectivity index (χ4n) is 2.78. The molecule has 0 amide bonds. The summed E-state index contributed by atoms with van der Waals surface area (Å²) in [5, 5.41) is 0. The van der Waals surface area contributed by atoms with Gasteiger partial charge in [0.05, 0.1) is 6.04 Å². The van der Waals surface area contributed by atoms with E-state index >= 15 is 0 Å². The van der Waals surface area contributed by atoms with Gasteiger partial charge in [-0.3, -0.25) is 4.90 Å². The van der Waals surface area contributed by atoms with Crippen LogP contribution in [0.25, 0.3) is 0 Å². The summed E-state index contributed by atoms with van der Waals surface area (Å²) in [6.07, 6.45) is 4.48. The van der Waals surface area contributed by atoms with Gasteiger partial charge in [0.25, 0.3) is 0 Å². The molecule has 0 aromatic carbocycles. The first-order chi connectivity index (χ1) is 7.77. The van der Waals surface area contributed by atoms with Gasteiger partial charge in [-0.05, 0) is 31.5 Å². The average molecular weight is 221 g/mol. The number of rotatable bonds is 4. The van der Waals surface area contributed by atoms with Crippen molar-refractivity contribution in [1.82, 2.24) is 9.47 Å². The summed E-state index contributed by atoms with van der Waals surface area (Å²) in [7, 11) is 0. The monoisotopic (exact) mass is 221 g/mol. The molecular weight excluding hydrogens is 198 g/mol. The van der Waals surface area contributed by atoms with Crippen molar-refractivity contribution < 1.29 is 0 Å². The lowest BCUT2D eigenvalue weighted by Crippen LogP contribution is -2.33. The Morgan fingerprint density at radius 3 is 2.94 bits per heavy atom. The van der Waals surface area contributed by atoms with E-state index in [0.717, 1.165) is 26.1 Å². The molecule has 1 saturated heterocycles. The maximum atomic E-state index is 6.25. The van der Waals surface area contributed by atoms with Crippen LogP contribution in [0.3, 0.4) is 0 Å². The highest BCUT2D eigenvalue weighted by atomic mass is 15.2. The number of likely N-dealkylation sites (tertiary alicyclic amines) is 1. The van der Waals surface area contributed by atoms with Crippen molar-refractivity contribution in [3.05, 3.63) is 24.0 Å². The average Bonchev–Trinajstić information content (AvgIpc) is 2.85. The van der Waals surface area contributed by atoms with Crippen LogP contribution in [0.5, 0.6) is 0 Å². The molecule has 2 N–H and O–H groups in total. The van der Waals surface area contributed by atoms with E-state index in [0.29, 0.717) is 12.1 Å². The van der Waals surface area contributed by atoms with E-state index in [1.807, 2.05) is 0 Å². The SMILES string of the molecule is CCCn1cccc1C1C(N)CCN1CC. The second-order valence-electron chi connectivity index (χ2n) is 4.65. The summed E-state index contributed by atoms with van der Waals surface area (Å²) in [4.78, 5) is 2.49. The first-order valence-electron chi connectivity index (χ1n) is 6.42. The van der Waals surface area contributed by atoms with Gasteiger partial charge in [0.2, 0.25) is 0 Å². The van der Waals surface area contributed by atoms with E-state index in [-0.39, 0.29) is 0 Å². The van der Waals surface area contributed by atoms with E-state index in [9.17, 15) is 0 Å². The Labute approximate surface area is 98.2 Å². The zero-order valence-corrected chi connectivity index (χ0v) is 10.4. The number of nitrogens with two attached hydrogens (primary N) is 1. The molecule has 0 aliphatic carbocycles. The highest BCUT2D eigenvalue weighted by molar-refractivity contribution is 5.16. The van der Waals surface area contributed by atoms with Crippen molar-refractivity contribution in [2.45, 2.75) is 45.3 Å². The molecule has 2 unspecified atom stereocenters. The number of hydrogen-bond donors (Lipinski definition) is 1. The first-order valence-corrected chi connectivity index (χ1v) is 6.42. The summed E-state index contributed by atoms with van der Waals surface area (Å²) in [6.45, 7) is 7.77. The molecular formula is C13H23N3. The summed E-state index contributed by atoms with van der Waals surface area (Å²) in [5.41, 5.74) is 7.64. The van der Waals surface area contributed by atoms with Gasteiger partial charge in [-0.1, -0.05) is 13.8 Å². The van der Waals surface area contributed by atoms with E-state index in [4.69, 9.17) is 5.73 Å². The number of hydrogen-bond acceptors (Lipinski definition) is 2. The molecule has 2 heterocycles.